The number of aryl methyl sites for hydroxylation is 1. The lowest BCUT2D eigenvalue weighted by molar-refractivity contribution is 0.355. The van der Waals surface area contributed by atoms with Gasteiger partial charge in [-0.2, -0.15) is 0 Å². The van der Waals surface area contributed by atoms with Crippen LogP contribution < -0.4 is 10.6 Å². The minimum atomic E-state index is 0.417. The zero-order chi connectivity index (χ0) is 19.0. The summed E-state index contributed by atoms with van der Waals surface area (Å²) < 4.78 is 0. The van der Waals surface area contributed by atoms with Crippen molar-refractivity contribution in [2.24, 2.45) is 17.6 Å². The molecule has 2 unspecified atom stereocenters. The molecule has 2 N–H and O–H groups in total. The number of piperidine rings is 1. The Bertz CT molecular complexity index is 958. The molecule has 0 radical (unpaired) electrons. The Balaban J connectivity index is 1.74. The van der Waals surface area contributed by atoms with Crippen molar-refractivity contribution >= 4 is 16.7 Å². The molecule has 0 bridgehead atoms. The van der Waals surface area contributed by atoms with Crippen molar-refractivity contribution in [3.8, 4) is 11.4 Å². The van der Waals surface area contributed by atoms with Crippen LogP contribution in [0.2, 0.25) is 0 Å². The number of hydrogen-bond donors (Lipinski definition) is 1. The van der Waals surface area contributed by atoms with E-state index >= 15 is 0 Å². The SMILES string of the molecule is Cc1ccc(N2CC(C)CC(C)C2)nc1-c1ccc2cnc(CN)cc2n1. The van der Waals surface area contributed by atoms with Crippen LogP contribution in [0.1, 0.15) is 31.5 Å². The van der Waals surface area contributed by atoms with Crippen LogP contribution in [0.25, 0.3) is 22.3 Å². The van der Waals surface area contributed by atoms with E-state index in [-0.39, 0.29) is 0 Å². The van der Waals surface area contributed by atoms with E-state index in [2.05, 4.69) is 48.9 Å². The molecule has 3 aromatic heterocycles. The second-order valence-corrected chi connectivity index (χ2v) is 7.95. The highest BCUT2D eigenvalue weighted by Gasteiger charge is 2.23. The maximum Gasteiger partial charge on any atom is 0.129 e. The molecule has 1 aliphatic heterocycles. The van der Waals surface area contributed by atoms with Gasteiger partial charge in [-0.15, -0.1) is 0 Å². The predicted molar refractivity (Wildman–Crippen MR) is 111 cm³/mol. The summed E-state index contributed by atoms with van der Waals surface area (Å²) in [5, 5.41) is 1.02. The molecule has 27 heavy (non-hydrogen) atoms. The van der Waals surface area contributed by atoms with E-state index in [1.165, 1.54) is 6.42 Å². The molecule has 4 rings (SSSR count). The first-order valence-electron chi connectivity index (χ1n) is 9.72. The molecule has 140 valence electrons. The Kier molecular flexibility index (Phi) is 4.79. The molecule has 4 heterocycles. The number of aromatic nitrogens is 3. The summed E-state index contributed by atoms with van der Waals surface area (Å²) in [5.41, 5.74) is 10.5. The number of pyridine rings is 3. The van der Waals surface area contributed by atoms with Gasteiger partial charge in [0.05, 0.1) is 22.6 Å². The molecule has 5 heteroatoms. The van der Waals surface area contributed by atoms with Crippen LogP contribution in [0.15, 0.2) is 36.5 Å². The topological polar surface area (TPSA) is 67.9 Å². The Hall–Kier alpha value is -2.53. The highest BCUT2D eigenvalue weighted by Crippen LogP contribution is 2.29. The van der Waals surface area contributed by atoms with Crippen molar-refractivity contribution in [1.82, 2.24) is 15.0 Å². The molecular weight excluding hydrogens is 334 g/mol. The molecule has 3 aromatic rings. The third kappa shape index (κ3) is 3.65. The van der Waals surface area contributed by atoms with E-state index in [0.717, 1.165) is 52.5 Å². The Morgan fingerprint density at radius 2 is 1.85 bits per heavy atom. The lowest BCUT2D eigenvalue weighted by Gasteiger charge is -2.36. The van der Waals surface area contributed by atoms with Crippen LogP contribution >= 0.6 is 0 Å². The van der Waals surface area contributed by atoms with Gasteiger partial charge in [0.2, 0.25) is 0 Å². The fourth-order valence-electron chi connectivity index (χ4n) is 4.11. The lowest BCUT2D eigenvalue weighted by atomic mass is 9.92. The molecule has 5 nitrogen and oxygen atoms in total. The summed E-state index contributed by atoms with van der Waals surface area (Å²) in [6.07, 6.45) is 3.13. The Labute approximate surface area is 160 Å². The van der Waals surface area contributed by atoms with Crippen LogP contribution in [0, 0.1) is 18.8 Å². The predicted octanol–water partition coefficient (Wildman–Crippen LogP) is 3.94. The number of nitrogens with two attached hydrogens (primary N) is 1. The maximum absolute atomic E-state index is 5.73. The second-order valence-electron chi connectivity index (χ2n) is 7.95. The van der Waals surface area contributed by atoms with E-state index in [1.807, 2.05) is 18.3 Å². The summed E-state index contributed by atoms with van der Waals surface area (Å²) in [5.74, 6) is 2.44. The van der Waals surface area contributed by atoms with E-state index in [9.17, 15) is 0 Å². The van der Waals surface area contributed by atoms with Crippen LogP contribution in [0.3, 0.4) is 0 Å². The van der Waals surface area contributed by atoms with E-state index in [1.54, 1.807) is 0 Å². The van der Waals surface area contributed by atoms with E-state index < -0.39 is 0 Å². The smallest absolute Gasteiger partial charge is 0.129 e. The molecular formula is C22H27N5. The zero-order valence-corrected chi connectivity index (χ0v) is 16.3. The van der Waals surface area contributed by atoms with Gasteiger partial charge in [-0.1, -0.05) is 19.9 Å². The van der Waals surface area contributed by atoms with E-state index in [0.29, 0.717) is 18.4 Å². The first-order chi connectivity index (χ1) is 13.0. The minimum absolute atomic E-state index is 0.417. The highest BCUT2D eigenvalue weighted by molar-refractivity contribution is 5.81. The Morgan fingerprint density at radius 3 is 2.59 bits per heavy atom. The van der Waals surface area contributed by atoms with Crippen LogP contribution in [-0.2, 0) is 6.54 Å². The lowest BCUT2D eigenvalue weighted by Crippen LogP contribution is -2.39. The fraction of sp³-hybridized carbons (Fsp3) is 0.409. The molecule has 0 amide bonds. The van der Waals surface area contributed by atoms with Crippen molar-refractivity contribution in [2.75, 3.05) is 18.0 Å². The number of hydrogen-bond acceptors (Lipinski definition) is 5. The van der Waals surface area contributed by atoms with Crippen LogP contribution in [0.4, 0.5) is 5.82 Å². The summed E-state index contributed by atoms with van der Waals surface area (Å²) >= 11 is 0. The van der Waals surface area contributed by atoms with Gasteiger partial charge in [0, 0.05) is 31.2 Å². The molecule has 1 saturated heterocycles. The minimum Gasteiger partial charge on any atom is -0.356 e. The van der Waals surface area contributed by atoms with Crippen LogP contribution in [0.5, 0.6) is 0 Å². The number of fused-ring (bicyclic) bond motifs is 1. The van der Waals surface area contributed by atoms with Crippen molar-refractivity contribution in [2.45, 2.75) is 33.7 Å². The maximum atomic E-state index is 5.73. The quantitative estimate of drug-likeness (QED) is 0.765. The standard InChI is InChI=1S/C22H27N5/c1-14-8-15(2)13-27(12-14)21-7-4-16(3)22(26-21)19-6-5-17-11-24-18(10-23)9-20(17)25-19/h4-7,9,11,14-15H,8,10,12-13,23H2,1-3H3. The largest absolute Gasteiger partial charge is 0.356 e. The number of anilines is 1. The summed E-state index contributed by atoms with van der Waals surface area (Å²) in [6, 6.07) is 10.4. The summed E-state index contributed by atoms with van der Waals surface area (Å²) in [6.45, 7) is 9.29. The highest BCUT2D eigenvalue weighted by atomic mass is 15.2. The van der Waals surface area contributed by atoms with Crippen molar-refractivity contribution in [3.63, 3.8) is 0 Å². The van der Waals surface area contributed by atoms with Crippen molar-refractivity contribution < 1.29 is 0 Å². The molecule has 0 aliphatic carbocycles. The third-order valence-corrected chi connectivity index (χ3v) is 5.36. The molecule has 2 atom stereocenters. The van der Waals surface area contributed by atoms with Crippen molar-refractivity contribution in [1.29, 1.82) is 0 Å². The number of rotatable bonds is 3. The summed E-state index contributed by atoms with van der Waals surface area (Å²) in [4.78, 5) is 16.6. The van der Waals surface area contributed by atoms with Gasteiger partial charge in [0.15, 0.2) is 0 Å². The first-order valence-corrected chi connectivity index (χ1v) is 9.72. The van der Waals surface area contributed by atoms with Gasteiger partial charge in [0.1, 0.15) is 5.82 Å². The first kappa shape index (κ1) is 17.9. The normalized spacial score (nSPS) is 20.2. The van der Waals surface area contributed by atoms with Gasteiger partial charge >= 0.3 is 0 Å². The fourth-order valence-corrected chi connectivity index (χ4v) is 4.11. The van der Waals surface area contributed by atoms with Gasteiger partial charge in [-0.25, -0.2) is 9.97 Å². The third-order valence-electron chi connectivity index (χ3n) is 5.36. The molecule has 1 aliphatic rings. The molecule has 0 spiro atoms. The second kappa shape index (κ2) is 7.24. The summed E-state index contributed by atoms with van der Waals surface area (Å²) in [7, 11) is 0. The van der Waals surface area contributed by atoms with Gasteiger partial charge in [-0.3, -0.25) is 4.98 Å². The number of nitrogens with zero attached hydrogens (tertiary/aromatic N) is 4. The zero-order valence-electron chi connectivity index (χ0n) is 16.3. The monoisotopic (exact) mass is 361 g/mol. The van der Waals surface area contributed by atoms with Gasteiger partial charge in [-0.05, 0) is 55.0 Å². The van der Waals surface area contributed by atoms with Gasteiger partial charge in [0.25, 0.3) is 0 Å². The molecule has 0 aromatic carbocycles. The molecule has 0 saturated carbocycles. The van der Waals surface area contributed by atoms with Crippen LogP contribution in [-0.4, -0.2) is 28.0 Å². The van der Waals surface area contributed by atoms with Gasteiger partial charge < -0.3 is 10.6 Å². The average molecular weight is 361 g/mol. The van der Waals surface area contributed by atoms with Crippen molar-refractivity contribution in [3.05, 3.63) is 47.8 Å². The average Bonchev–Trinajstić information content (AvgIpc) is 2.66. The van der Waals surface area contributed by atoms with E-state index in [4.69, 9.17) is 15.7 Å². The Morgan fingerprint density at radius 1 is 1.07 bits per heavy atom. The molecule has 1 fully saturated rings.